The number of nitrogens with zero attached hydrogens (tertiary/aromatic N) is 4. The normalized spacial score (nSPS) is 13.8. The number of rotatable bonds is 5. The average molecular weight is 381 g/mol. The molecule has 0 unspecified atom stereocenters. The zero-order chi connectivity index (χ0) is 19.0. The molecule has 2 N–H and O–H groups in total. The summed E-state index contributed by atoms with van der Waals surface area (Å²) in [6, 6.07) is 8.21. The molecule has 0 aromatic carbocycles. The van der Waals surface area contributed by atoms with E-state index >= 15 is 0 Å². The number of aromatic amines is 1. The van der Waals surface area contributed by atoms with Crippen LogP contribution in [0.1, 0.15) is 53.0 Å². The van der Waals surface area contributed by atoms with Gasteiger partial charge in [0.1, 0.15) is 0 Å². The molecule has 6 nitrogen and oxygen atoms in total. The molecule has 1 saturated carbocycles. The van der Waals surface area contributed by atoms with Crippen LogP contribution in [0.15, 0.2) is 24.4 Å². The van der Waals surface area contributed by atoms with Gasteiger partial charge < -0.3 is 5.32 Å². The number of anilines is 2. The highest BCUT2D eigenvalue weighted by Crippen LogP contribution is 2.40. The zero-order valence-electron chi connectivity index (χ0n) is 15.1. The number of thiophene rings is 1. The van der Waals surface area contributed by atoms with E-state index in [0.717, 1.165) is 15.4 Å². The van der Waals surface area contributed by atoms with E-state index in [4.69, 9.17) is 6.42 Å². The second-order valence-corrected chi connectivity index (χ2v) is 8.19. The molecule has 0 radical (unpaired) electrons. The van der Waals surface area contributed by atoms with E-state index in [0.29, 0.717) is 28.9 Å². The molecule has 140 valence electrons. The van der Waals surface area contributed by atoms with Gasteiger partial charge in [-0.1, -0.05) is 5.92 Å². The molecule has 0 bridgehead atoms. The molecule has 1 aliphatic rings. The van der Waals surface area contributed by atoms with Crippen LogP contribution in [0.4, 0.5) is 11.6 Å². The number of hydrogen-bond acceptors (Lipinski definition) is 6. The third-order valence-corrected chi connectivity index (χ3v) is 5.93. The fourth-order valence-corrected chi connectivity index (χ4v) is 3.68. The van der Waals surface area contributed by atoms with Crippen LogP contribution in [0, 0.1) is 23.7 Å². The van der Waals surface area contributed by atoms with Gasteiger partial charge in [-0.3, -0.25) is 5.10 Å². The van der Waals surface area contributed by atoms with Crippen molar-refractivity contribution in [2.75, 3.05) is 5.32 Å². The number of terminal acetylenes is 1. The summed E-state index contributed by atoms with van der Waals surface area (Å²) in [4.78, 5) is 10.9. The molecule has 4 rings (SSSR count). The number of hydrogen-bond donors (Lipinski definition) is 2. The first-order valence-electron chi connectivity index (χ1n) is 8.68. The van der Waals surface area contributed by atoms with E-state index in [9.17, 15) is 5.26 Å². The van der Waals surface area contributed by atoms with Crippen molar-refractivity contribution < 1.29 is 4.28 Å². The fourth-order valence-electron chi connectivity index (χ4n) is 2.68. The van der Waals surface area contributed by atoms with E-state index < -0.39 is 5.41 Å². The Morgan fingerprint density at radius 2 is 2.22 bits per heavy atom. The molecule has 3 heterocycles. The molecule has 0 saturated heterocycles. The number of H-pyrrole nitrogens is 1. The Hall–Kier alpha value is -3.16. The summed E-state index contributed by atoms with van der Waals surface area (Å²) in [5.74, 6) is 5.01. The van der Waals surface area contributed by atoms with E-state index in [1.54, 1.807) is 6.20 Å². The van der Waals surface area contributed by atoms with Crippen molar-refractivity contribution in [1.82, 2.24) is 20.2 Å². The van der Waals surface area contributed by atoms with Gasteiger partial charge in [0.2, 0.25) is 0 Å². The highest BCUT2D eigenvalue weighted by molar-refractivity contribution is 7.15. The first-order chi connectivity index (χ1) is 13.0. The van der Waals surface area contributed by atoms with Crippen LogP contribution in [0.3, 0.4) is 0 Å². The van der Waals surface area contributed by atoms with Gasteiger partial charge in [0.15, 0.2) is 17.5 Å². The minimum absolute atomic E-state index is 0. The molecule has 0 amide bonds. The molecule has 7 heteroatoms. The number of nitriles is 1. The molecular weight excluding hydrogens is 356 g/mol. The lowest BCUT2D eigenvalue weighted by atomic mass is 9.94. The monoisotopic (exact) mass is 380 g/mol. The van der Waals surface area contributed by atoms with Gasteiger partial charge in [-0.15, -0.1) is 17.8 Å². The van der Waals surface area contributed by atoms with Gasteiger partial charge in [-0.25, -0.2) is 9.97 Å². The quantitative estimate of drug-likeness (QED) is 0.603. The summed E-state index contributed by atoms with van der Waals surface area (Å²) >= 11 is 1.51. The summed E-state index contributed by atoms with van der Waals surface area (Å²) in [5, 5.41) is 19.9. The first-order valence-corrected chi connectivity index (χ1v) is 9.50. The van der Waals surface area contributed by atoms with Gasteiger partial charge in [0, 0.05) is 33.0 Å². The lowest BCUT2D eigenvalue weighted by Gasteiger charge is -2.11. The maximum Gasteiger partial charge on any atom is 0.171 e. The Bertz CT molecular complexity index is 1090. The predicted molar refractivity (Wildman–Crippen MR) is 112 cm³/mol. The molecular formula is C20H24N6S. The third kappa shape index (κ3) is 3.42. The summed E-state index contributed by atoms with van der Waals surface area (Å²) in [7, 11) is 0. The second kappa shape index (κ2) is 6.53. The average Bonchev–Trinajstić information content (AvgIpc) is 3.20. The van der Waals surface area contributed by atoms with Crippen LogP contribution in [0.2, 0.25) is 0 Å². The van der Waals surface area contributed by atoms with Crippen LogP contribution < -0.4 is 5.32 Å². The molecule has 3 aromatic rings. The van der Waals surface area contributed by atoms with E-state index in [-0.39, 0.29) is 4.28 Å². The molecule has 1 aliphatic carbocycles. The molecule has 0 atom stereocenters. The number of nitrogens with one attached hydrogen (secondary N) is 2. The standard InChI is InChI=1S/C20H18N6S.3H2/c1-4-12-10-22-19(15-7-8-16(27-15)20(2,3)11-21)24-18(12)23-17-9-14(25-26-17)13-5-6-13;;;/h1,7-10,13H,5-6H2,2-3H3,(H2,22,23,24,25,26);3*1H. The van der Waals surface area contributed by atoms with Crippen LogP contribution >= 0.6 is 11.3 Å². The van der Waals surface area contributed by atoms with Crippen molar-refractivity contribution in [2.45, 2.75) is 38.0 Å². The van der Waals surface area contributed by atoms with Gasteiger partial charge >= 0.3 is 0 Å². The molecule has 3 aromatic heterocycles. The van der Waals surface area contributed by atoms with Gasteiger partial charge in [-0.2, -0.15) is 10.4 Å². The minimum atomic E-state index is -0.545. The highest BCUT2D eigenvalue weighted by Gasteiger charge is 2.26. The smallest absolute Gasteiger partial charge is 0.171 e. The SMILES string of the molecule is C#Cc1cnc(-c2ccc(C(C)(C)C#N)s2)nc1Nc1cc(C2CC2)[nH]n1.[HH].[HH].[HH]. The summed E-state index contributed by atoms with van der Waals surface area (Å²) < 4.78 is 0. The van der Waals surface area contributed by atoms with Crippen molar-refractivity contribution in [3.8, 4) is 29.1 Å². The van der Waals surface area contributed by atoms with Gasteiger partial charge in [0.25, 0.3) is 0 Å². The van der Waals surface area contributed by atoms with E-state index in [1.807, 2.05) is 32.0 Å². The minimum Gasteiger partial charge on any atom is -0.322 e. The topological polar surface area (TPSA) is 90.3 Å². The second-order valence-electron chi connectivity index (χ2n) is 7.11. The molecule has 0 aliphatic heterocycles. The van der Waals surface area contributed by atoms with Crippen LogP contribution in [-0.2, 0) is 5.41 Å². The van der Waals surface area contributed by atoms with Crippen LogP contribution in [0.5, 0.6) is 0 Å². The van der Waals surface area contributed by atoms with Crippen molar-refractivity contribution in [3.63, 3.8) is 0 Å². The molecule has 27 heavy (non-hydrogen) atoms. The maximum absolute atomic E-state index is 9.33. The summed E-state index contributed by atoms with van der Waals surface area (Å²) in [5.41, 5.74) is 1.16. The predicted octanol–water partition coefficient (Wildman–Crippen LogP) is 5.07. The zero-order valence-corrected chi connectivity index (χ0v) is 15.9. The number of aromatic nitrogens is 4. The van der Waals surface area contributed by atoms with Crippen molar-refractivity contribution >= 4 is 23.0 Å². The maximum atomic E-state index is 9.33. The largest absolute Gasteiger partial charge is 0.322 e. The van der Waals surface area contributed by atoms with Crippen molar-refractivity contribution in [1.29, 1.82) is 5.26 Å². The van der Waals surface area contributed by atoms with E-state index in [2.05, 4.69) is 37.5 Å². The Balaban J connectivity index is 0.00000150. The van der Waals surface area contributed by atoms with Gasteiger partial charge in [0.05, 0.1) is 21.9 Å². The third-order valence-electron chi connectivity index (χ3n) is 4.53. The van der Waals surface area contributed by atoms with Gasteiger partial charge in [-0.05, 0) is 38.8 Å². The Morgan fingerprint density at radius 3 is 2.93 bits per heavy atom. The van der Waals surface area contributed by atoms with Crippen LogP contribution in [-0.4, -0.2) is 20.2 Å². The highest BCUT2D eigenvalue weighted by atomic mass is 32.1. The fraction of sp³-hybridized carbons (Fsp3) is 0.300. The van der Waals surface area contributed by atoms with Crippen molar-refractivity contribution in [2.24, 2.45) is 0 Å². The summed E-state index contributed by atoms with van der Waals surface area (Å²) in [6.45, 7) is 3.79. The Kier molecular flexibility index (Phi) is 4.18. The lowest BCUT2D eigenvalue weighted by molar-refractivity contribution is 0.703. The first kappa shape index (κ1) is 17.3. The molecule has 0 spiro atoms. The Morgan fingerprint density at radius 1 is 1.41 bits per heavy atom. The van der Waals surface area contributed by atoms with Crippen LogP contribution in [0.25, 0.3) is 10.7 Å². The molecule has 1 fully saturated rings. The van der Waals surface area contributed by atoms with Crippen molar-refractivity contribution in [3.05, 3.63) is 40.5 Å². The summed E-state index contributed by atoms with van der Waals surface area (Å²) in [6.07, 6.45) is 9.64. The Labute approximate surface area is 166 Å². The van der Waals surface area contributed by atoms with E-state index in [1.165, 1.54) is 24.2 Å². The lowest BCUT2D eigenvalue weighted by Crippen LogP contribution is -2.10.